The summed E-state index contributed by atoms with van der Waals surface area (Å²) in [4.78, 5) is 2.08. The SMILES string of the molecule is C[C@H](c1ccccc1)N(C[C@H]1CN(S(=O)(=O)c2ccccc2S)CCN1c1ccc([C@](C)(O)C(F)(F)F)cc1)S(C)(=O)=O. The third kappa shape index (κ3) is 7.04. The Kier molecular flexibility index (Phi) is 9.60. The first kappa shape index (κ1) is 33.3. The molecule has 0 aliphatic carbocycles. The number of anilines is 1. The van der Waals surface area contributed by atoms with Crippen molar-refractivity contribution < 1.29 is 35.1 Å². The summed E-state index contributed by atoms with van der Waals surface area (Å²) in [6, 6.07) is 19.1. The highest BCUT2D eigenvalue weighted by atomic mass is 32.2. The molecule has 0 spiro atoms. The highest BCUT2D eigenvalue weighted by Crippen LogP contribution is 2.39. The van der Waals surface area contributed by atoms with E-state index in [2.05, 4.69) is 12.6 Å². The zero-order valence-corrected chi connectivity index (χ0v) is 26.3. The predicted octanol–water partition coefficient (Wildman–Crippen LogP) is 4.65. The maximum atomic E-state index is 13.7. The lowest BCUT2D eigenvalue weighted by Gasteiger charge is -2.44. The van der Waals surface area contributed by atoms with Crippen molar-refractivity contribution in [1.82, 2.24) is 8.61 Å². The molecule has 1 N–H and O–H groups in total. The first-order chi connectivity index (χ1) is 19.9. The molecule has 0 amide bonds. The van der Waals surface area contributed by atoms with Crippen molar-refractivity contribution in [3.05, 3.63) is 90.0 Å². The quantitative estimate of drug-likeness (QED) is 0.326. The number of halogens is 3. The number of alkyl halides is 3. The molecule has 3 atom stereocenters. The summed E-state index contributed by atoms with van der Waals surface area (Å²) in [7, 11) is -7.82. The largest absolute Gasteiger partial charge is 0.421 e. The molecular formula is C29H34F3N3O5S3. The highest BCUT2D eigenvalue weighted by molar-refractivity contribution is 7.90. The standard InChI is InChI=1S/C29H34F3N3O5S3/c1-21(22-9-5-4-6-10-22)35(42(3,37)38)20-25-19-33(43(39,40)27-12-8-7-11-26(27)41)17-18-34(25)24-15-13-23(14-16-24)28(2,36)29(30,31)32/h4-16,21,25,36,41H,17-20H2,1-3H3/t21-,25-,28+/m1/s1. The van der Waals surface area contributed by atoms with Crippen LogP contribution < -0.4 is 4.90 Å². The number of aliphatic hydroxyl groups is 1. The van der Waals surface area contributed by atoms with Crippen LogP contribution in [0.15, 0.2) is 88.7 Å². The van der Waals surface area contributed by atoms with Crippen molar-refractivity contribution in [2.24, 2.45) is 0 Å². The van der Waals surface area contributed by atoms with Crippen molar-refractivity contribution in [2.45, 2.75) is 47.5 Å². The smallest absolute Gasteiger partial charge is 0.376 e. The molecule has 234 valence electrons. The van der Waals surface area contributed by atoms with Crippen LogP contribution in [-0.2, 0) is 25.6 Å². The average Bonchev–Trinajstić information content (AvgIpc) is 2.95. The van der Waals surface area contributed by atoms with Crippen LogP contribution in [0.3, 0.4) is 0 Å². The second kappa shape index (κ2) is 12.4. The minimum Gasteiger partial charge on any atom is -0.376 e. The molecule has 4 rings (SSSR count). The Labute approximate surface area is 256 Å². The van der Waals surface area contributed by atoms with Crippen LogP contribution in [0.4, 0.5) is 18.9 Å². The minimum atomic E-state index is -4.90. The van der Waals surface area contributed by atoms with Gasteiger partial charge in [0.1, 0.15) is 0 Å². The number of nitrogens with zero attached hydrogens (tertiary/aromatic N) is 3. The molecule has 3 aromatic carbocycles. The van der Waals surface area contributed by atoms with Gasteiger partial charge in [-0.3, -0.25) is 0 Å². The first-order valence-electron chi connectivity index (χ1n) is 13.4. The van der Waals surface area contributed by atoms with Crippen LogP contribution in [0.2, 0.25) is 0 Å². The molecule has 0 radical (unpaired) electrons. The molecule has 8 nitrogen and oxygen atoms in total. The lowest BCUT2D eigenvalue weighted by Crippen LogP contribution is -2.59. The third-order valence-electron chi connectivity index (χ3n) is 7.77. The van der Waals surface area contributed by atoms with E-state index in [-0.39, 0.29) is 41.5 Å². The van der Waals surface area contributed by atoms with E-state index in [0.717, 1.165) is 11.8 Å². The Balaban J connectivity index is 1.73. The van der Waals surface area contributed by atoms with Crippen LogP contribution in [-0.4, -0.2) is 75.2 Å². The number of benzene rings is 3. The Morgan fingerprint density at radius 3 is 2.09 bits per heavy atom. The molecule has 43 heavy (non-hydrogen) atoms. The van der Waals surface area contributed by atoms with Gasteiger partial charge in [0.15, 0.2) is 5.60 Å². The Bertz CT molecular complexity index is 1640. The summed E-state index contributed by atoms with van der Waals surface area (Å²) >= 11 is 4.32. The summed E-state index contributed by atoms with van der Waals surface area (Å²) in [6.07, 6.45) is -3.82. The first-order valence-corrected chi connectivity index (χ1v) is 17.1. The molecule has 0 aromatic heterocycles. The van der Waals surface area contributed by atoms with Gasteiger partial charge in [-0.25, -0.2) is 16.8 Å². The molecule has 0 unspecified atom stereocenters. The van der Waals surface area contributed by atoms with Gasteiger partial charge < -0.3 is 10.0 Å². The minimum absolute atomic E-state index is 0.0156. The van der Waals surface area contributed by atoms with Gasteiger partial charge in [0, 0.05) is 42.8 Å². The molecule has 0 saturated carbocycles. The molecule has 1 aliphatic rings. The van der Waals surface area contributed by atoms with E-state index in [9.17, 15) is 35.1 Å². The Hall–Kier alpha value is -2.62. The Morgan fingerprint density at radius 2 is 1.53 bits per heavy atom. The molecule has 3 aromatic rings. The number of rotatable bonds is 9. The number of hydrogen-bond donors (Lipinski definition) is 2. The van der Waals surface area contributed by atoms with Crippen molar-refractivity contribution in [3.63, 3.8) is 0 Å². The van der Waals surface area contributed by atoms with Crippen molar-refractivity contribution in [1.29, 1.82) is 0 Å². The fourth-order valence-electron chi connectivity index (χ4n) is 5.18. The van der Waals surface area contributed by atoms with Crippen molar-refractivity contribution in [3.8, 4) is 0 Å². The van der Waals surface area contributed by atoms with E-state index in [0.29, 0.717) is 12.6 Å². The predicted molar refractivity (Wildman–Crippen MR) is 162 cm³/mol. The fourth-order valence-corrected chi connectivity index (χ4v) is 8.38. The van der Waals surface area contributed by atoms with Crippen molar-refractivity contribution in [2.75, 3.05) is 37.3 Å². The lowest BCUT2D eigenvalue weighted by molar-refractivity contribution is -0.258. The number of hydrogen-bond acceptors (Lipinski definition) is 7. The van der Waals surface area contributed by atoms with Crippen LogP contribution in [0.5, 0.6) is 0 Å². The van der Waals surface area contributed by atoms with Gasteiger partial charge in [0.25, 0.3) is 0 Å². The average molecular weight is 658 g/mol. The maximum Gasteiger partial charge on any atom is 0.421 e. The summed E-state index contributed by atoms with van der Waals surface area (Å²) in [5.41, 5.74) is -2.24. The fraction of sp³-hybridized carbons (Fsp3) is 0.379. The molecule has 0 bridgehead atoms. The summed E-state index contributed by atoms with van der Waals surface area (Å²) < 4.78 is 96.4. The molecule has 1 saturated heterocycles. The van der Waals surface area contributed by atoms with Crippen LogP contribution in [0, 0.1) is 0 Å². The zero-order chi connectivity index (χ0) is 31.8. The molecule has 1 fully saturated rings. The van der Waals surface area contributed by atoms with Gasteiger partial charge >= 0.3 is 6.18 Å². The van der Waals surface area contributed by atoms with E-state index in [1.807, 2.05) is 6.07 Å². The number of thiol groups is 1. The van der Waals surface area contributed by atoms with Crippen molar-refractivity contribution >= 4 is 38.4 Å². The molecule has 1 heterocycles. The zero-order valence-electron chi connectivity index (χ0n) is 23.8. The van der Waals surface area contributed by atoms with E-state index >= 15 is 0 Å². The van der Waals surface area contributed by atoms with Crippen LogP contribution in [0.1, 0.15) is 31.0 Å². The summed E-state index contributed by atoms with van der Waals surface area (Å²) in [5.74, 6) is 0. The van der Waals surface area contributed by atoms with E-state index in [1.54, 1.807) is 54.3 Å². The second-order valence-electron chi connectivity index (χ2n) is 10.7. The Morgan fingerprint density at radius 1 is 0.953 bits per heavy atom. The monoisotopic (exact) mass is 657 g/mol. The van der Waals surface area contributed by atoms with Gasteiger partial charge in [-0.1, -0.05) is 54.6 Å². The molecular weight excluding hydrogens is 624 g/mol. The third-order valence-corrected chi connectivity index (χ3v) is 11.6. The van der Waals surface area contributed by atoms with Crippen LogP contribution >= 0.6 is 12.6 Å². The summed E-state index contributed by atoms with van der Waals surface area (Å²) in [5, 5.41) is 10.1. The van der Waals surface area contributed by atoms with Crippen LogP contribution in [0.25, 0.3) is 0 Å². The maximum absolute atomic E-state index is 13.7. The van der Waals surface area contributed by atoms with E-state index in [1.165, 1.54) is 38.9 Å². The van der Waals surface area contributed by atoms with Gasteiger partial charge in [-0.05, 0) is 49.2 Å². The lowest BCUT2D eigenvalue weighted by atomic mass is 9.95. The number of sulfonamides is 2. The van der Waals surface area contributed by atoms with Gasteiger partial charge in [-0.15, -0.1) is 12.6 Å². The molecule has 1 aliphatic heterocycles. The van der Waals surface area contributed by atoms with Gasteiger partial charge in [0.2, 0.25) is 20.0 Å². The second-order valence-corrected chi connectivity index (χ2v) is 15.0. The van der Waals surface area contributed by atoms with Gasteiger partial charge in [-0.2, -0.15) is 21.8 Å². The normalized spacial score (nSPS) is 19.3. The highest BCUT2D eigenvalue weighted by Gasteiger charge is 2.51. The van der Waals surface area contributed by atoms with E-state index < -0.39 is 43.9 Å². The molecule has 14 heteroatoms. The topological polar surface area (TPSA) is 98.2 Å². The van der Waals surface area contributed by atoms with Gasteiger partial charge in [0.05, 0.1) is 17.2 Å². The summed E-state index contributed by atoms with van der Waals surface area (Å²) in [6.45, 7) is 2.37. The van der Waals surface area contributed by atoms with E-state index in [4.69, 9.17) is 0 Å². The number of piperazine rings is 1.